The first kappa shape index (κ1) is 9.66. The Bertz CT molecular complexity index is 474. The monoisotopic (exact) mass is 231 g/mol. The molecular weight excluding hydrogens is 218 g/mol. The predicted molar refractivity (Wildman–Crippen MR) is 67.9 cm³/mol. The highest BCUT2D eigenvalue weighted by Gasteiger charge is 2.29. The average molecular weight is 231 g/mol. The van der Waals surface area contributed by atoms with E-state index in [2.05, 4.69) is 39.5 Å². The number of nitrogen functional groups attached to an aromatic ring is 1. The molecule has 0 aliphatic carbocycles. The van der Waals surface area contributed by atoms with Gasteiger partial charge in [0, 0.05) is 30.1 Å². The molecule has 1 saturated heterocycles. The first-order chi connectivity index (χ1) is 7.83. The smallest absolute Gasteiger partial charge is 0.180 e. The summed E-state index contributed by atoms with van der Waals surface area (Å²) in [4.78, 5) is 6.69. The summed E-state index contributed by atoms with van der Waals surface area (Å²) in [7, 11) is 0. The van der Waals surface area contributed by atoms with E-state index in [1.807, 2.05) is 6.07 Å². The van der Waals surface area contributed by atoms with Crippen LogP contribution in [0.25, 0.3) is 0 Å². The number of anilines is 2. The average Bonchev–Trinajstić information content (AvgIpc) is 2.64. The number of benzene rings is 1. The molecule has 1 aliphatic rings. The van der Waals surface area contributed by atoms with Gasteiger partial charge in [-0.1, -0.05) is 18.2 Å². The van der Waals surface area contributed by atoms with Gasteiger partial charge in [-0.15, -0.1) is 11.3 Å². The molecule has 3 nitrogen and oxygen atoms in total. The van der Waals surface area contributed by atoms with Crippen molar-refractivity contribution in [1.82, 2.24) is 4.98 Å². The van der Waals surface area contributed by atoms with Crippen LogP contribution in [-0.4, -0.2) is 18.1 Å². The summed E-state index contributed by atoms with van der Waals surface area (Å²) >= 11 is 1.53. The van der Waals surface area contributed by atoms with Crippen LogP contribution in [0.5, 0.6) is 0 Å². The number of hydrogen-bond acceptors (Lipinski definition) is 4. The van der Waals surface area contributed by atoms with Crippen molar-refractivity contribution in [3.63, 3.8) is 0 Å². The molecule has 0 atom stereocenters. The lowest BCUT2D eigenvalue weighted by Gasteiger charge is -2.40. The van der Waals surface area contributed by atoms with Crippen LogP contribution in [0.3, 0.4) is 0 Å². The number of para-hydroxylation sites is 1. The molecule has 1 aromatic carbocycles. The molecule has 2 aromatic rings. The SMILES string of the molecule is Nc1nc(C2CN(c3ccccc3)C2)cs1. The number of thiazole rings is 1. The zero-order chi connectivity index (χ0) is 11.0. The summed E-state index contributed by atoms with van der Waals surface area (Å²) in [6.45, 7) is 2.10. The van der Waals surface area contributed by atoms with E-state index in [1.54, 1.807) is 0 Å². The first-order valence-electron chi connectivity index (χ1n) is 5.34. The van der Waals surface area contributed by atoms with Crippen LogP contribution in [0.1, 0.15) is 11.6 Å². The number of rotatable bonds is 2. The molecule has 1 aliphatic heterocycles. The molecule has 1 fully saturated rings. The van der Waals surface area contributed by atoms with Crippen LogP contribution in [0.15, 0.2) is 35.7 Å². The Kier molecular flexibility index (Phi) is 2.29. The van der Waals surface area contributed by atoms with E-state index < -0.39 is 0 Å². The number of nitrogens with zero attached hydrogens (tertiary/aromatic N) is 2. The highest BCUT2D eigenvalue weighted by Crippen LogP contribution is 2.32. The van der Waals surface area contributed by atoms with Gasteiger partial charge in [-0.3, -0.25) is 0 Å². The van der Waals surface area contributed by atoms with Gasteiger partial charge in [0.1, 0.15) is 0 Å². The summed E-state index contributed by atoms with van der Waals surface area (Å²) in [6.07, 6.45) is 0. The van der Waals surface area contributed by atoms with Crippen LogP contribution in [0, 0.1) is 0 Å². The lowest BCUT2D eigenvalue weighted by molar-refractivity contribution is 0.516. The fourth-order valence-electron chi connectivity index (χ4n) is 2.00. The van der Waals surface area contributed by atoms with Crippen molar-refractivity contribution in [2.45, 2.75) is 5.92 Å². The molecular formula is C12H13N3S. The second-order valence-corrected chi connectivity index (χ2v) is 4.94. The van der Waals surface area contributed by atoms with Crippen molar-refractivity contribution in [3.8, 4) is 0 Å². The first-order valence-corrected chi connectivity index (χ1v) is 6.22. The maximum atomic E-state index is 5.63. The highest BCUT2D eigenvalue weighted by molar-refractivity contribution is 7.13. The fraction of sp³-hybridized carbons (Fsp3) is 0.250. The van der Waals surface area contributed by atoms with Crippen LogP contribution in [0.2, 0.25) is 0 Å². The van der Waals surface area contributed by atoms with Crippen molar-refractivity contribution < 1.29 is 0 Å². The van der Waals surface area contributed by atoms with Gasteiger partial charge in [0.05, 0.1) is 5.69 Å². The molecule has 0 amide bonds. The fourth-order valence-corrected chi connectivity index (χ4v) is 2.65. The molecule has 0 radical (unpaired) electrons. The zero-order valence-electron chi connectivity index (χ0n) is 8.84. The van der Waals surface area contributed by atoms with E-state index in [0.717, 1.165) is 18.8 Å². The van der Waals surface area contributed by atoms with Gasteiger partial charge in [0.2, 0.25) is 0 Å². The topological polar surface area (TPSA) is 42.1 Å². The largest absolute Gasteiger partial charge is 0.375 e. The normalized spacial score (nSPS) is 16.1. The molecule has 16 heavy (non-hydrogen) atoms. The predicted octanol–water partition coefficient (Wildman–Crippen LogP) is 2.33. The van der Waals surface area contributed by atoms with Gasteiger partial charge in [0.25, 0.3) is 0 Å². The summed E-state index contributed by atoms with van der Waals surface area (Å²) in [5.41, 5.74) is 8.08. The molecule has 1 aromatic heterocycles. The molecule has 3 rings (SSSR count). The van der Waals surface area contributed by atoms with Crippen molar-refractivity contribution in [2.75, 3.05) is 23.7 Å². The van der Waals surface area contributed by atoms with E-state index in [9.17, 15) is 0 Å². The van der Waals surface area contributed by atoms with E-state index in [0.29, 0.717) is 11.0 Å². The van der Waals surface area contributed by atoms with Gasteiger partial charge in [-0.05, 0) is 12.1 Å². The summed E-state index contributed by atoms with van der Waals surface area (Å²) in [5, 5.41) is 2.75. The van der Waals surface area contributed by atoms with E-state index >= 15 is 0 Å². The quantitative estimate of drug-likeness (QED) is 0.862. The third-order valence-electron chi connectivity index (χ3n) is 2.96. The Hall–Kier alpha value is -1.55. The summed E-state index contributed by atoms with van der Waals surface area (Å²) in [6, 6.07) is 10.5. The Morgan fingerprint density at radius 2 is 2.00 bits per heavy atom. The van der Waals surface area contributed by atoms with Crippen LogP contribution in [-0.2, 0) is 0 Å². The van der Waals surface area contributed by atoms with Crippen molar-refractivity contribution in [3.05, 3.63) is 41.4 Å². The van der Waals surface area contributed by atoms with E-state index in [4.69, 9.17) is 5.73 Å². The van der Waals surface area contributed by atoms with Crippen molar-refractivity contribution >= 4 is 22.2 Å². The third kappa shape index (κ3) is 1.65. The van der Waals surface area contributed by atoms with E-state index in [1.165, 1.54) is 17.0 Å². The molecule has 2 heterocycles. The highest BCUT2D eigenvalue weighted by atomic mass is 32.1. The molecule has 4 heteroatoms. The molecule has 82 valence electrons. The molecule has 0 bridgehead atoms. The van der Waals surface area contributed by atoms with Gasteiger partial charge >= 0.3 is 0 Å². The molecule has 0 saturated carbocycles. The second kappa shape index (κ2) is 3.79. The number of aromatic nitrogens is 1. The second-order valence-electron chi connectivity index (χ2n) is 4.05. The van der Waals surface area contributed by atoms with Crippen LogP contribution < -0.4 is 10.6 Å². The Morgan fingerprint density at radius 1 is 1.25 bits per heavy atom. The van der Waals surface area contributed by atoms with Gasteiger partial charge < -0.3 is 10.6 Å². The standard InChI is InChI=1S/C12H13N3S/c13-12-14-11(8-16-12)9-6-15(7-9)10-4-2-1-3-5-10/h1-5,8-9H,6-7H2,(H2,13,14). The minimum atomic E-state index is 0.550. The minimum Gasteiger partial charge on any atom is -0.375 e. The van der Waals surface area contributed by atoms with E-state index in [-0.39, 0.29) is 0 Å². The van der Waals surface area contributed by atoms with Crippen LogP contribution >= 0.6 is 11.3 Å². The van der Waals surface area contributed by atoms with Gasteiger partial charge in [0.15, 0.2) is 5.13 Å². The lowest BCUT2D eigenvalue weighted by atomic mass is 9.96. The summed E-state index contributed by atoms with van der Waals surface area (Å²) < 4.78 is 0. The molecule has 0 spiro atoms. The van der Waals surface area contributed by atoms with Crippen molar-refractivity contribution in [2.24, 2.45) is 0 Å². The molecule has 0 unspecified atom stereocenters. The van der Waals surface area contributed by atoms with Crippen LogP contribution in [0.4, 0.5) is 10.8 Å². The Morgan fingerprint density at radius 3 is 2.62 bits per heavy atom. The maximum absolute atomic E-state index is 5.63. The summed E-state index contributed by atoms with van der Waals surface area (Å²) in [5.74, 6) is 0.550. The van der Waals surface area contributed by atoms with Gasteiger partial charge in [-0.25, -0.2) is 4.98 Å². The third-order valence-corrected chi connectivity index (χ3v) is 3.65. The number of hydrogen-bond donors (Lipinski definition) is 1. The molecule has 2 N–H and O–H groups in total. The Balaban J connectivity index is 1.67. The minimum absolute atomic E-state index is 0.550. The van der Waals surface area contributed by atoms with Crippen molar-refractivity contribution in [1.29, 1.82) is 0 Å². The van der Waals surface area contributed by atoms with Gasteiger partial charge in [-0.2, -0.15) is 0 Å². The lowest BCUT2D eigenvalue weighted by Crippen LogP contribution is -2.45. The maximum Gasteiger partial charge on any atom is 0.180 e. The zero-order valence-corrected chi connectivity index (χ0v) is 9.65. The number of nitrogens with two attached hydrogens (primary N) is 1. The Labute approximate surface area is 98.5 Å².